The van der Waals surface area contributed by atoms with E-state index in [4.69, 9.17) is 9.47 Å². The molecule has 4 heteroatoms. The zero-order valence-corrected chi connectivity index (χ0v) is 11.7. The summed E-state index contributed by atoms with van der Waals surface area (Å²) in [5, 5.41) is 0. The Balaban J connectivity index is 1.67. The predicted octanol–water partition coefficient (Wildman–Crippen LogP) is 2.31. The van der Waals surface area contributed by atoms with Gasteiger partial charge < -0.3 is 9.47 Å². The van der Waals surface area contributed by atoms with Crippen LogP contribution in [0, 0.1) is 23.2 Å². The van der Waals surface area contributed by atoms with Crippen molar-refractivity contribution in [1.29, 1.82) is 0 Å². The van der Waals surface area contributed by atoms with Crippen LogP contribution in [0.15, 0.2) is 0 Å². The highest BCUT2D eigenvalue weighted by molar-refractivity contribution is 5.82. The highest BCUT2D eigenvalue weighted by Gasteiger charge is 2.48. The average Bonchev–Trinajstić information content (AvgIpc) is 2.67. The second-order valence-electron chi connectivity index (χ2n) is 7.04. The second-order valence-corrected chi connectivity index (χ2v) is 7.04. The van der Waals surface area contributed by atoms with Crippen molar-refractivity contribution in [2.24, 2.45) is 23.2 Å². The smallest absolute Gasteiger partial charge is 0.348 e. The highest BCUT2D eigenvalue weighted by Crippen LogP contribution is 2.46. The van der Waals surface area contributed by atoms with Gasteiger partial charge in [0.1, 0.15) is 6.61 Å². The third kappa shape index (κ3) is 2.26. The minimum absolute atomic E-state index is 0.0108. The molecule has 0 radical (unpaired) electrons. The van der Waals surface area contributed by atoms with Gasteiger partial charge in [0.25, 0.3) is 0 Å². The lowest BCUT2D eigenvalue weighted by Gasteiger charge is -2.41. The van der Waals surface area contributed by atoms with Crippen molar-refractivity contribution in [3.05, 3.63) is 0 Å². The van der Waals surface area contributed by atoms with Crippen LogP contribution in [0.1, 0.15) is 46.0 Å². The Bertz CT molecular complexity index is 393. The second kappa shape index (κ2) is 4.50. The third-order valence-corrected chi connectivity index (χ3v) is 5.09. The Labute approximate surface area is 113 Å². The molecular weight excluding hydrogens is 244 g/mol. The standard InChI is InChI=1S/C15H22O4/c1-15(2)8-18-14(17)12(15)19-13(16)11-7-9-3-5-10(11)6-4-9/h9-12H,3-8H2,1-2H3/t9?,10?,11?,12-/m1/s1. The molecule has 0 N–H and O–H groups in total. The minimum atomic E-state index is -0.722. The molecule has 106 valence electrons. The third-order valence-electron chi connectivity index (χ3n) is 5.09. The number of carbonyl (C=O) groups is 2. The van der Waals surface area contributed by atoms with Crippen LogP contribution in [-0.4, -0.2) is 24.6 Å². The first kappa shape index (κ1) is 12.9. The van der Waals surface area contributed by atoms with Crippen molar-refractivity contribution >= 4 is 11.9 Å². The van der Waals surface area contributed by atoms with E-state index in [0.717, 1.165) is 19.3 Å². The SMILES string of the molecule is CC1(C)COC(=O)[C@H]1OC(=O)C1CC2CCC1CC2. The van der Waals surface area contributed by atoms with E-state index in [0.29, 0.717) is 18.4 Å². The molecule has 1 saturated heterocycles. The van der Waals surface area contributed by atoms with Crippen molar-refractivity contribution in [3.63, 3.8) is 0 Å². The predicted molar refractivity (Wildman–Crippen MR) is 68.2 cm³/mol. The van der Waals surface area contributed by atoms with Gasteiger partial charge in [0.15, 0.2) is 0 Å². The number of hydrogen-bond acceptors (Lipinski definition) is 4. The fourth-order valence-electron chi connectivity index (χ4n) is 3.81. The quantitative estimate of drug-likeness (QED) is 0.720. The van der Waals surface area contributed by atoms with E-state index in [-0.39, 0.29) is 17.9 Å². The summed E-state index contributed by atoms with van der Waals surface area (Å²) in [6.45, 7) is 4.15. The van der Waals surface area contributed by atoms with Crippen LogP contribution in [0.4, 0.5) is 0 Å². The maximum absolute atomic E-state index is 12.3. The zero-order chi connectivity index (χ0) is 13.6. The minimum Gasteiger partial charge on any atom is -0.462 e. The van der Waals surface area contributed by atoms with E-state index in [1.54, 1.807) is 0 Å². The summed E-state index contributed by atoms with van der Waals surface area (Å²) in [7, 11) is 0. The molecule has 4 fully saturated rings. The Hall–Kier alpha value is -1.06. The molecule has 2 atom stereocenters. The van der Waals surface area contributed by atoms with Gasteiger partial charge in [-0.15, -0.1) is 0 Å². The summed E-state index contributed by atoms with van der Waals surface area (Å²) in [5.74, 6) is 0.603. The van der Waals surface area contributed by atoms with E-state index in [2.05, 4.69) is 0 Å². The van der Waals surface area contributed by atoms with Gasteiger partial charge in [0, 0.05) is 5.41 Å². The fourth-order valence-corrected chi connectivity index (χ4v) is 3.81. The molecule has 4 rings (SSSR count). The van der Waals surface area contributed by atoms with Crippen molar-refractivity contribution in [1.82, 2.24) is 0 Å². The number of hydrogen-bond donors (Lipinski definition) is 0. The number of rotatable bonds is 2. The van der Waals surface area contributed by atoms with Crippen LogP contribution in [0.2, 0.25) is 0 Å². The number of cyclic esters (lactones) is 1. The van der Waals surface area contributed by atoms with E-state index < -0.39 is 11.5 Å². The summed E-state index contributed by atoms with van der Waals surface area (Å²) >= 11 is 0. The van der Waals surface area contributed by atoms with Crippen molar-refractivity contribution in [3.8, 4) is 0 Å². The lowest BCUT2D eigenvalue weighted by molar-refractivity contribution is -0.170. The molecule has 3 saturated carbocycles. The molecule has 2 bridgehead atoms. The molecular formula is C15H22O4. The summed E-state index contributed by atoms with van der Waals surface area (Å²) in [5.41, 5.74) is -0.402. The first-order chi connectivity index (χ1) is 8.97. The summed E-state index contributed by atoms with van der Waals surface area (Å²) in [6.07, 6.45) is 5.02. The van der Waals surface area contributed by atoms with Crippen molar-refractivity contribution in [2.75, 3.05) is 6.61 Å². The Morgan fingerprint density at radius 2 is 1.95 bits per heavy atom. The lowest BCUT2D eigenvalue weighted by Crippen LogP contribution is -2.41. The first-order valence-electron chi connectivity index (χ1n) is 7.34. The van der Waals surface area contributed by atoms with Crippen LogP contribution in [0.25, 0.3) is 0 Å². The van der Waals surface area contributed by atoms with E-state index >= 15 is 0 Å². The summed E-state index contributed by atoms with van der Waals surface area (Å²) in [4.78, 5) is 24.0. The topological polar surface area (TPSA) is 52.6 Å². The van der Waals surface area contributed by atoms with Crippen molar-refractivity contribution < 1.29 is 19.1 Å². The highest BCUT2D eigenvalue weighted by atomic mass is 16.6. The van der Waals surface area contributed by atoms with Crippen LogP contribution in [-0.2, 0) is 19.1 Å². The number of carbonyl (C=O) groups excluding carboxylic acids is 2. The number of fused-ring (bicyclic) bond motifs is 3. The molecule has 0 aromatic carbocycles. The van der Waals surface area contributed by atoms with Gasteiger partial charge in [0.05, 0.1) is 5.92 Å². The maximum Gasteiger partial charge on any atom is 0.348 e. The molecule has 1 aliphatic heterocycles. The van der Waals surface area contributed by atoms with E-state index in [9.17, 15) is 9.59 Å². The zero-order valence-electron chi connectivity index (χ0n) is 11.7. The number of ether oxygens (including phenoxy) is 2. The molecule has 3 aliphatic carbocycles. The van der Waals surface area contributed by atoms with Gasteiger partial charge >= 0.3 is 11.9 Å². The van der Waals surface area contributed by atoms with E-state index in [1.807, 2.05) is 13.8 Å². The fraction of sp³-hybridized carbons (Fsp3) is 0.867. The average molecular weight is 266 g/mol. The van der Waals surface area contributed by atoms with Crippen molar-refractivity contribution in [2.45, 2.75) is 52.1 Å². The number of esters is 2. The molecule has 4 nitrogen and oxygen atoms in total. The van der Waals surface area contributed by atoms with E-state index in [1.165, 1.54) is 12.8 Å². The molecule has 4 aliphatic rings. The van der Waals surface area contributed by atoms with Crippen LogP contribution in [0.3, 0.4) is 0 Å². The largest absolute Gasteiger partial charge is 0.462 e. The first-order valence-corrected chi connectivity index (χ1v) is 7.34. The van der Waals surface area contributed by atoms with Crippen LogP contribution < -0.4 is 0 Å². The molecule has 19 heavy (non-hydrogen) atoms. The van der Waals surface area contributed by atoms with Gasteiger partial charge in [0.2, 0.25) is 6.10 Å². The molecule has 0 spiro atoms. The normalized spacial score (nSPS) is 40.0. The van der Waals surface area contributed by atoms with Gasteiger partial charge in [-0.3, -0.25) is 4.79 Å². The Kier molecular flexibility index (Phi) is 3.06. The molecule has 0 aromatic rings. The maximum atomic E-state index is 12.3. The Morgan fingerprint density at radius 3 is 2.42 bits per heavy atom. The van der Waals surface area contributed by atoms with Crippen LogP contribution in [0.5, 0.6) is 0 Å². The lowest BCUT2D eigenvalue weighted by atomic mass is 9.65. The summed E-state index contributed by atoms with van der Waals surface area (Å²) < 4.78 is 10.5. The van der Waals surface area contributed by atoms with Gasteiger partial charge in [-0.05, 0) is 31.1 Å². The Morgan fingerprint density at radius 1 is 1.26 bits per heavy atom. The molecule has 1 heterocycles. The molecule has 0 amide bonds. The van der Waals surface area contributed by atoms with Gasteiger partial charge in [-0.25, -0.2) is 4.79 Å². The summed E-state index contributed by atoms with van der Waals surface area (Å²) in [6, 6.07) is 0. The monoisotopic (exact) mass is 266 g/mol. The van der Waals surface area contributed by atoms with Gasteiger partial charge in [-0.2, -0.15) is 0 Å². The van der Waals surface area contributed by atoms with Gasteiger partial charge in [-0.1, -0.05) is 26.7 Å². The molecule has 1 unspecified atom stereocenters. The van der Waals surface area contributed by atoms with Crippen LogP contribution >= 0.6 is 0 Å². The molecule has 0 aromatic heterocycles.